The lowest BCUT2D eigenvalue weighted by Crippen LogP contribution is -2.22. The van der Waals surface area contributed by atoms with Crippen molar-refractivity contribution in [3.8, 4) is 0 Å². The highest BCUT2D eigenvalue weighted by Crippen LogP contribution is 2.27. The first kappa shape index (κ1) is 13.7. The van der Waals surface area contributed by atoms with Crippen LogP contribution in [0.1, 0.15) is 19.3 Å². The second-order valence-corrected chi connectivity index (χ2v) is 5.73. The molecule has 20 heavy (non-hydrogen) atoms. The Morgan fingerprint density at radius 2 is 2.05 bits per heavy atom. The van der Waals surface area contributed by atoms with Gasteiger partial charge < -0.3 is 10.2 Å². The van der Waals surface area contributed by atoms with Gasteiger partial charge in [0.15, 0.2) is 0 Å². The number of pyridine rings is 1. The van der Waals surface area contributed by atoms with Crippen LogP contribution in [0.3, 0.4) is 0 Å². The molecular weight excluding hydrogens is 270 g/mol. The number of nitrogens with zero attached hydrogens (tertiary/aromatic N) is 2. The summed E-state index contributed by atoms with van der Waals surface area (Å²) < 4.78 is 0. The molecular formula is C16H20ClN3. The molecule has 0 unspecified atom stereocenters. The number of rotatable bonds is 5. The summed E-state index contributed by atoms with van der Waals surface area (Å²) in [7, 11) is 0. The Labute approximate surface area is 124 Å². The zero-order valence-electron chi connectivity index (χ0n) is 11.6. The minimum Gasteiger partial charge on any atom is -0.383 e. The van der Waals surface area contributed by atoms with Crippen molar-refractivity contribution >= 4 is 28.2 Å². The highest BCUT2D eigenvalue weighted by atomic mass is 35.5. The van der Waals surface area contributed by atoms with Crippen LogP contribution in [0.5, 0.6) is 0 Å². The first-order valence-corrected chi connectivity index (χ1v) is 7.72. The molecule has 0 bridgehead atoms. The molecule has 1 aliphatic rings. The number of likely N-dealkylation sites (tertiary alicyclic amines) is 1. The van der Waals surface area contributed by atoms with Crippen molar-refractivity contribution in [2.75, 3.05) is 31.5 Å². The molecule has 1 N–H and O–H groups in total. The molecule has 2 heterocycles. The van der Waals surface area contributed by atoms with Crippen LogP contribution in [0.15, 0.2) is 30.5 Å². The molecule has 106 valence electrons. The SMILES string of the molecule is Clc1ccc(NCCCN2CCCC2)c2ncccc12. The van der Waals surface area contributed by atoms with E-state index in [1.54, 1.807) is 0 Å². The Balaban J connectivity index is 1.61. The Morgan fingerprint density at radius 3 is 2.90 bits per heavy atom. The van der Waals surface area contributed by atoms with Crippen LogP contribution < -0.4 is 5.32 Å². The van der Waals surface area contributed by atoms with E-state index in [4.69, 9.17) is 11.6 Å². The molecule has 1 fully saturated rings. The van der Waals surface area contributed by atoms with Gasteiger partial charge in [0.1, 0.15) is 0 Å². The molecule has 0 saturated carbocycles. The highest BCUT2D eigenvalue weighted by molar-refractivity contribution is 6.35. The lowest BCUT2D eigenvalue weighted by Gasteiger charge is -2.15. The quantitative estimate of drug-likeness (QED) is 0.849. The molecule has 0 atom stereocenters. The van der Waals surface area contributed by atoms with Crippen LogP contribution in [-0.4, -0.2) is 36.1 Å². The number of benzene rings is 1. The van der Waals surface area contributed by atoms with E-state index in [-0.39, 0.29) is 0 Å². The summed E-state index contributed by atoms with van der Waals surface area (Å²) in [6.45, 7) is 4.70. The van der Waals surface area contributed by atoms with Gasteiger partial charge >= 0.3 is 0 Å². The van der Waals surface area contributed by atoms with Gasteiger partial charge in [-0.25, -0.2) is 0 Å². The molecule has 3 rings (SSSR count). The second-order valence-electron chi connectivity index (χ2n) is 5.32. The number of nitrogens with one attached hydrogen (secondary N) is 1. The van der Waals surface area contributed by atoms with Gasteiger partial charge in [-0.2, -0.15) is 0 Å². The third-order valence-electron chi connectivity index (χ3n) is 3.88. The predicted molar refractivity (Wildman–Crippen MR) is 85.5 cm³/mol. The molecule has 1 aromatic carbocycles. The van der Waals surface area contributed by atoms with E-state index in [0.717, 1.165) is 34.6 Å². The van der Waals surface area contributed by atoms with E-state index in [2.05, 4.69) is 15.2 Å². The average Bonchev–Trinajstić information content (AvgIpc) is 2.99. The Kier molecular flexibility index (Phi) is 4.38. The third-order valence-corrected chi connectivity index (χ3v) is 4.21. The molecule has 1 aliphatic heterocycles. The summed E-state index contributed by atoms with van der Waals surface area (Å²) in [6.07, 6.45) is 5.70. The van der Waals surface area contributed by atoms with Gasteiger partial charge in [0.05, 0.1) is 16.2 Å². The Bertz CT molecular complexity index is 579. The van der Waals surface area contributed by atoms with Crippen LogP contribution in [0.2, 0.25) is 5.02 Å². The van der Waals surface area contributed by atoms with E-state index in [1.807, 2.05) is 30.5 Å². The number of aromatic nitrogens is 1. The number of hydrogen-bond acceptors (Lipinski definition) is 3. The fourth-order valence-electron chi connectivity index (χ4n) is 2.81. The lowest BCUT2D eigenvalue weighted by atomic mass is 10.2. The van der Waals surface area contributed by atoms with E-state index in [9.17, 15) is 0 Å². The Morgan fingerprint density at radius 1 is 1.20 bits per heavy atom. The van der Waals surface area contributed by atoms with E-state index in [0.29, 0.717) is 0 Å². The smallest absolute Gasteiger partial charge is 0.0948 e. The molecule has 0 aliphatic carbocycles. The molecule has 0 amide bonds. The van der Waals surface area contributed by atoms with Crippen molar-refractivity contribution in [1.29, 1.82) is 0 Å². The fraction of sp³-hybridized carbons (Fsp3) is 0.438. The maximum absolute atomic E-state index is 6.20. The average molecular weight is 290 g/mol. The zero-order chi connectivity index (χ0) is 13.8. The van der Waals surface area contributed by atoms with Crippen molar-refractivity contribution in [3.63, 3.8) is 0 Å². The maximum Gasteiger partial charge on any atom is 0.0948 e. The number of anilines is 1. The van der Waals surface area contributed by atoms with Gasteiger partial charge in [0.25, 0.3) is 0 Å². The summed E-state index contributed by atoms with van der Waals surface area (Å²) in [5.41, 5.74) is 2.03. The summed E-state index contributed by atoms with van der Waals surface area (Å²) in [5.74, 6) is 0. The van der Waals surface area contributed by atoms with Crippen LogP contribution in [0, 0.1) is 0 Å². The third kappa shape index (κ3) is 3.05. The molecule has 1 aromatic heterocycles. The van der Waals surface area contributed by atoms with E-state index in [1.165, 1.54) is 32.5 Å². The minimum absolute atomic E-state index is 0.760. The van der Waals surface area contributed by atoms with Crippen molar-refractivity contribution in [2.45, 2.75) is 19.3 Å². The van der Waals surface area contributed by atoms with Crippen LogP contribution in [0.4, 0.5) is 5.69 Å². The summed E-state index contributed by atoms with van der Waals surface area (Å²) in [4.78, 5) is 6.98. The monoisotopic (exact) mass is 289 g/mol. The van der Waals surface area contributed by atoms with Crippen molar-refractivity contribution < 1.29 is 0 Å². The van der Waals surface area contributed by atoms with Gasteiger partial charge in [-0.1, -0.05) is 11.6 Å². The molecule has 2 aromatic rings. The maximum atomic E-state index is 6.20. The molecule has 1 saturated heterocycles. The first-order valence-electron chi connectivity index (χ1n) is 7.34. The summed E-state index contributed by atoms with van der Waals surface area (Å²) in [5, 5.41) is 5.26. The fourth-order valence-corrected chi connectivity index (χ4v) is 3.03. The van der Waals surface area contributed by atoms with Crippen LogP contribution >= 0.6 is 11.6 Å². The largest absolute Gasteiger partial charge is 0.383 e. The van der Waals surface area contributed by atoms with Gasteiger partial charge in [-0.15, -0.1) is 0 Å². The van der Waals surface area contributed by atoms with Crippen LogP contribution in [0.25, 0.3) is 10.9 Å². The van der Waals surface area contributed by atoms with E-state index >= 15 is 0 Å². The van der Waals surface area contributed by atoms with Crippen molar-refractivity contribution in [1.82, 2.24) is 9.88 Å². The minimum atomic E-state index is 0.760. The summed E-state index contributed by atoms with van der Waals surface area (Å²) >= 11 is 6.20. The predicted octanol–water partition coefficient (Wildman–Crippen LogP) is 3.79. The van der Waals surface area contributed by atoms with Gasteiger partial charge in [0.2, 0.25) is 0 Å². The lowest BCUT2D eigenvalue weighted by molar-refractivity contribution is 0.337. The van der Waals surface area contributed by atoms with E-state index < -0.39 is 0 Å². The first-order chi connectivity index (χ1) is 9.84. The summed E-state index contributed by atoms with van der Waals surface area (Å²) in [6, 6.07) is 7.90. The van der Waals surface area contributed by atoms with Gasteiger partial charge in [-0.05, 0) is 63.2 Å². The number of fused-ring (bicyclic) bond motifs is 1. The normalized spacial score (nSPS) is 15.8. The van der Waals surface area contributed by atoms with Crippen LogP contribution in [-0.2, 0) is 0 Å². The molecule has 3 nitrogen and oxygen atoms in total. The number of hydrogen-bond donors (Lipinski definition) is 1. The molecule has 0 spiro atoms. The van der Waals surface area contributed by atoms with Crippen molar-refractivity contribution in [3.05, 3.63) is 35.5 Å². The highest BCUT2D eigenvalue weighted by Gasteiger charge is 2.10. The van der Waals surface area contributed by atoms with Gasteiger partial charge in [-0.3, -0.25) is 4.98 Å². The second kappa shape index (κ2) is 6.42. The Hall–Kier alpha value is -1.32. The topological polar surface area (TPSA) is 28.2 Å². The molecule has 4 heteroatoms. The standard InChI is InChI=1S/C16H20ClN3/c17-14-6-7-15(16-13(14)5-3-8-19-16)18-9-4-12-20-10-1-2-11-20/h3,5-8,18H,1-2,4,9-12H2. The molecule has 0 radical (unpaired) electrons. The number of halogens is 1. The zero-order valence-corrected chi connectivity index (χ0v) is 12.4. The van der Waals surface area contributed by atoms with Crippen molar-refractivity contribution in [2.24, 2.45) is 0 Å². The van der Waals surface area contributed by atoms with Gasteiger partial charge in [0, 0.05) is 18.1 Å².